The van der Waals surface area contributed by atoms with E-state index in [0.29, 0.717) is 24.6 Å². The number of sulfonamides is 1. The standard InChI is InChI=1S/C15H23NO4S/c1-12(14-6-7-14)16(8-9-20-2)21(18,19)15-5-3-4-13(10-15)11-17/h3-5,10,12,14,17H,6-9,11H2,1-2H3. The lowest BCUT2D eigenvalue weighted by Crippen LogP contribution is -2.41. The highest BCUT2D eigenvalue weighted by molar-refractivity contribution is 7.89. The highest BCUT2D eigenvalue weighted by atomic mass is 32.2. The van der Waals surface area contributed by atoms with E-state index in [4.69, 9.17) is 4.74 Å². The normalized spacial score (nSPS) is 17.1. The lowest BCUT2D eigenvalue weighted by Gasteiger charge is -2.28. The molecule has 0 saturated heterocycles. The molecule has 0 bridgehead atoms. The second-order valence-corrected chi connectivity index (χ2v) is 7.38. The van der Waals surface area contributed by atoms with Crippen LogP contribution in [0, 0.1) is 5.92 Å². The number of aliphatic hydroxyl groups excluding tert-OH is 1. The molecule has 0 aromatic heterocycles. The molecule has 1 aliphatic carbocycles. The van der Waals surface area contributed by atoms with Gasteiger partial charge in [-0.3, -0.25) is 0 Å². The van der Waals surface area contributed by atoms with Crippen LogP contribution in [0.15, 0.2) is 29.2 Å². The highest BCUT2D eigenvalue weighted by Crippen LogP contribution is 2.37. The Bertz CT molecular complexity index is 569. The minimum atomic E-state index is -3.57. The molecule has 1 unspecified atom stereocenters. The first-order chi connectivity index (χ1) is 10.0. The second-order valence-electron chi connectivity index (χ2n) is 5.49. The summed E-state index contributed by atoms with van der Waals surface area (Å²) in [6.07, 6.45) is 2.16. The summed E-state index contributed by atoms with van der Waals surface area (Å²) in [5, 5.41) is 9.19. The molecule has 6 heteroatoms. The smallest absolute Gasteiger partial charge is 0.243 e. The fourth-order valence-corrected chi connectivity index (χ4v) is 4.22. The maximum absolute atomic E-state index is 12.9. The number of hydrogen-bond donors (Lipinski definition) is 1. The molecule has 2 rings (SSSR count). The van der Waals surface area contributed by atoms with Crippen LogP contribution in [0.2, 0.25) is 0 Å². The highest BCUT2D eigenvalue weighted by Gasteiger charge is 2.38. The molecule has 1 fully saturated rings. The molecule has 0 radical (unpaired) electrons. The zero-order valence-electron chi connectivity index (χ0n) is 12.5. The Balaban J connectivity index is 2.30. The van der Waals surface area contributed by atoms with E-state index in [1.165, 1.54) is 10.4 Å². The Morgan fingerprint density at radius 3 is 2.71 bits per heavy atom. The molecular weight excluding hydrogens is 290 g/mol. The zero-order valence-corrected chi connectivity index (χ0v) is 13.3. The third-order valence-corrected chi connectivity index (χ3v) is 5.94. The number of aliphatic hydroxyl groups is 1. The van der Waals surface area contributed by atoms with Gasteiger partial charge in [-0.25, -0.2) is 8.42 Å². The van der Waals surface area contributed by atoms with E-state index >= 15 is 0 Å². The molecular formula is C15H23NO4S. The van der Waals surface area contributed by atoms with Gasteiger partial charge in [0.05, 0.1) is 18.1 Å². The summed E-state index contributed by atoms with van der Waals surface area (Å²) < 4.78 is 32.3. The first-order valence-corrected chi connectivity index (χ1v) is 8.65. The Labute approximate surface area is 126 Å². The molecule has 1 aromatic rings. The van der Waals surface area contributed by atoms with E-state index < -0.39 is 10.0 Å². The topological polar surface area (TPSA) is 66.8 Å². The lowest BCUT2D eigenvalue weighted by atomic mass is 10.2. The van der Waals surface area contributed by atoms with Crippen LogP contribution in [0.1, 0.15) is 25.3 Å². The van der Waals surface area contributed by atoms with Crippen LogP contribution in [-0.2, 0) is 21.4 Å². The van der Waals surface area contributed by atoms with E-state index in [1.807, 2.05) is 6.92 Å². The van der Waals surface area contributed by atoms with Crippen LogP contribution < -0.4 is 0 Å². The summed E-state index contributed by atoms with van der Waals surface area (Å²) in [5.41, 5.74) is 0.599. The maximum Gasteiger partial charge on any atom is 0.243 e. The van der Waals surface area contributed by atoms with Crippen molar-refractivity contribution in [3.8, 4) is 0 Å². The number of rotatable bonds is 8. The average Bonchev–Trinajstić information content (AvgIpc) is 3.32. The van der Waals surface area contributed by atoms with E-state index in [0.717, 1.165) is 12.8 Å². The first-order valence-electron chi connectivity index (χ1n) is 7.21. The summed E-state index contributed by atoms with van der Waals surface area (Å²) in [5.74, 6) is 0.442. The number of hydrogen-bond acceptors (Lipinski definition) is 4. The summed E-state index contributed by atoms with van der Waals surface area (Å²) in [6.45, 7) is 2.51. The molecule has 21 heavy (non-hydrogen) atoms. The van der Waals surface area contributed by atoms with Gasteiger partial charge in [-0.1, -0.05) is 12.1 Å². The van der Waals surface area contributed by atoms with E-state index in [1.54, 1.807) is 25.3 Å². The van der Waals surface area contributed by atoms with Crippen molar-refractivity contribution in [2.24, 2.45) is 5.92 Å². The van der Waals surface area contributed by atoms with Crippen molar-refractivity contribution in [2.75, 3.05) is 20.3 Å². The van der Waals surface area contributed by atoms with Crippen molar-refractivity contribution in [3.05, 3.63) is 29.8 Å². The van der Waals surface area contributed by atoms with Crippen molar-refractivity contribution < 1.29 is 18.3 Å². The van der Waals surface area contributed by atoms with Gasteiger partial charge < -0.3 is 9.84 Å². The van der Waals surface area contributed by atoms with Crippen molar-refractivity contribution in [1.29, 1.82) is 0 Å². The van der Waals surface area contributed by atoms with Crippen molar-refractivity contribution >= 4 is 10.0 Å². The van der Waals surface area contributed by atoms with Gasteiger partial charge in [-0.2, -0.15) is 4.31 Å². The molecule has 0 amide bonds. The minimum Gasteiger partial charge on any atom is -0.392 e. The van der Waals surface area contributed by atoms with Gasteiger partial charge in [0.1, 0.15) is 0 Å². The summed E-state index contributed by atoms with van der Waals surface area (Å²) in [6, 6.07) is 6.46. The SMILES string of the molecule is COCCN(C(C)C1CC1)S(=O)(=O)c1cccc(CO)c1. The summed E-state index contributed by atoms with van der Waals surface area (Å²) >= 11 is 0. The molecule has 0 heterocycles. The fraction of sp³-hybridized carbons (Fsp3) is 0.600. The third-order valence-electron chi connectivity index (χ3n) is 3.96. The van der Waals surface area contributed by atoms with Crippen LogP contribution in [0.25, 0.3) is 0 Å². The molecule has 0 spiro atoms. The number of benzene rings is 1. The van der Waals surface area contributed by atoms with Crippen LogP contribution >= 0.6 is 0 Å². The monoisotopic (exact) mass is 313 g/mol. The van der Waals surface area contributed by atoms with E-state index in [-0.39, 0.29) is 17.5 Å². The fourth-order valence-electron chi connectivity index (χ4n) is 2.48. The molecule has 1 N–H and O–H groups in total. The Morgan fingerprint density at radius 1 is 1.43 bits per heavy atom. The van der Waals surface area contributed by atoms with E-state index in [2.05, 4.69) is 0 Å². The average molecular weight is 313 g/mol. The van der Waals surface area contributed by atoms with Gasteiger partial charge in [0.25, 0.3) is 0 Å². The summed E-state index contributed by atoms with van der Waals surface area (Å²) in [4.78, 5) is 0.234. The molecule has 1 aromatic carbocycles. The molecule has 1 aliphatic rings. The van der Waals surface area contributed by atoms with Crippen molar-refractivity contribution in [3.63, 3.8) is 0 Å². The molecule has 5 nitrogen and oxygen atoms in total. The van der Waals surface area contributed by atoms with Crippen LogP contribution in [-0.4, -0.2) is 44.1 Å². The van der Waals surface area contributed by atoms with Gasteiger partial charge in [-0.15, -0.1) is 0 Å². The maximum atomic E-state index is 12.9. The number of methoxy groups -OCH3 is 1. The molecule has 118 valence electrons. The summed E-state index contributed by atoms with van der Waals surface area (Å²) in [7, 11) is -2.00. The Kier molecular flexibility index (Phi) is 5.37. The Hall–Kier alpha value is -0.950. The number of ether oxygens (including phenoxy) is 1. The largest absolute Gasteiger partial charge is 0.392 e. The zero-order chi connectivity index (χ0) is 15.5. The van der Waals surface area contributed by atoms with Crippen LogP contribution in [0.4, 0.5) is 0 Å². The first kappa shape index (κ1) is 16.4. The van der Waals surface area contributed by atoms with Gasteiger partial charge in [0.2, 0.25) is 10.0 Å². The van der Waals surface area contributed by atoms with Crippen molar-refractivity contribution in [2.45, 2.75) is 37.3 Å². The van der Waals surface area contributed by atoms with Gasteiger partial charge in [0, 0.05) is 19.7 Å². The Morgan fingerprint density at radius 2 is 2.14 bits per heavy atom. The number of nitrogens with zero attached hydrogens (tertiary/aromatic N) is 1. The van der Waals surface area contributed by atoms with Crippen molar-refractivity contribution in [1.82, 2.24) is 4.31 Å². The second kappa shape index (κ2) is 6.87. The van der Waals surface area contributed by atoms with E-state index in [9.17, 15) is 13.5 Å². The minimum absolute atomic E-state index is 0.0251. The van der Waals surface area contributed by atoms with Gasteiger partial charge in [0.15, 0.2) is 0 Å². The quantitative estimate of drug-likeness (QED) is 0.792. The third kappa shape index (κ3) is 3.83. The lowest BCUT2D eigenvalue weighted by molar-refractivity contribution is 0.164. The predicted molar refractivity (Wildman–Crippen MR) is 80.3 cm³/mol. The van der Waals surface area contributed by atoms with Gasteiger partial charge >= 0.3 is 0 Å². The van der Waals surface area contributed by atoms with Gasteiger partial charge in [-0.05, 0) is 43.4 Å². The predicted octanol–water partition coefficient (Wildman–Crippen LogP) is 1.61. The molecule has 0 aliphatic heterocycles. The van der Waals surface area contributed by atoms with Crippen LogP contribution in [0.3, 0.4) is 0 Å². The molecule has 1 saturated carbocycles. The van der Waals surface area contributed by atoms with Crippen LogP contribution in [0.5, 0.6) is 0 Å². The molecule has 1 atom stereocenters.